The highest BCUT2D eigenvalue weighted by atomic mass is 32.2. The van der Waals surface area contributed by atoms with E-state index in [-0.39, 0.29) is 5.91 Å². The highest BCUT2D eigenvalue weighted by Crippen LogP contribution is 2.20. The van der Waals surface area contributed by atoms with Crippen LogP contribution in [0, 0.1) is 11.3 Å². The first kappa shape index (κ1) is 14.9. The maximum atomic E-state index is 11.9. The third kappa shape index (κ3) is 4.87. The minimum atomic E-state index is 0.0431. The molecule has 2 N–H and O–H groups in total. The molecule has 0 atom stereocenters. The molecule has 0 saturated carbocycles. The van der Waals surface area contributed by atoms with Gasteiger partial charge in [-0.3, -0.25) is 4.79 Å². The lowest BCUT2D eigenvalue weighted by molar-refractivity contribution is -0.113. The Hall–Kier alpha value is -1.51. The van der Waals surface area contributed by atoms with Crippen LogP contribution < -0.4 is 10.6 Å². The number of hydrogen-bond acceptors (Lipinski definition) is 4. The van der Waals surface area contributed by atoms with Gasteiger partial charge in [-0.05, 0) is 43.6 Å². The van der Waals surface area contributed by atoms with Crippen LogP contribution >= 0.6 is 11.8 Å². The summed E-state index contributed by atoms with van der Waals surface area (Å²) in [6.07, 6.45) is 2.68. The van der Waals surface area contributed by atoms with Crippen LogP contribution in [0.2, 0.25) is 0 Å². The van der Waals surface area contributed by atoms with Gasteiger partial charge in [0.15, 0.2) is 0 Å². The van der Waals surface area contributed by atoms with E-state index < -0.39 is 0 Å². The van der Waals surface area contributed by atoms with Crippen molar-refractivity contribution in [3.63, 3.8) is 0 Å². The lowest BCUT2D eigenvalue weighted by Gasteiger charge is -2.21. The highest BCUT2D eigenvalue weighted by Gasteiger charge is 2.14. The first-order valence-electron chi connectivity index (χ1n) is 6.86. The number of nitrogens with zero attached hydrogens (tertiary/aromatic N) is 1. The van der Waals surface area contributed by atoms with E-state index in [4.69, 9.17) is 5.26 Å². The topological polar surface area (TPSA) is 64.9 Å². The van der Waals surface area contributed by atoms with Gasteiger partial charge < -0.3 is 10.6 Å². The van der Waals surface area contributed by atoms with Crippen molar-refractivity contribution >= 4 is 23.4 Å². The molecule has 1 heterocycles. The average Bonchev–Trinajstić information content (AvgIpc) is 2.49. The number of piperidine rings is 1. The van der Waals surface area contributed by atoms with E-state index in [0.717, 1.165) is 37.2 Å². The summed E-state index contributed by atoms with van der Waals surface area (Å²) in [6.45, 7) is 2.11. The van der Waals surface area contributed by atoms with Crippen molar-refractivity contribution in [1.29, 1.82) is 5.26 Å². The monoisotopic (exact) mass is 289 g/mol. The fraction of sp³-hybridized carbons (Fsp3) is 0.467. The van der Waals surface area contributed by atoms with Crippen LogP contribution in [0.25, 0.3) is 0 Å². The van der Waals surface area contributed by atoms with Crippen LogP contribution in [-0.4, -0.2) is 30.0 Å². The molecule has 1 aliphatic heterocycles. The zero-order chi connectivity index (χ0) is 14.2. The Balaban J connectivity index is 1.74. The van der Waals surface area contributed by atoms with E-state index in [2.05, 4.69) is 16.7 Å². The normalized spacial score (nSPS) is 15.6. The molecule has 106 valence electrons. The summed E-state index contributed by atoms with van der Waals surface area (Å²) in [5, 5.41) is 15.4. The first-order valence-corrected chi connectivity index (χ1v) is 7.91. The van der Waals surface area contributed by atoms with E-state index in [0.29, 0.717) is 17.4 Å². The van der Waals surface area contributed by atoms with Gasteiger partial charge in [0.1, 0.15) is 0 Å². The van der Waals surface area contributed by atoms with Crippen molar-refractivity contribution in [2.75, 3.05) is 24.2 Å². The molecule has 20 heavy (non-hydrogen) atoms. The van der Waals surface area contributed by atoms with Gasteiger partial charge in [0, 0.05) is 10.9 Å². The van der Waals surface area contributed by atoms with Crippen molar-refractivity contribution in [3.05, 3.63) is 29.8 Å². The van der Waals surface area contributed by atoms with E-state index in [1.54, 1.807) is 11.8 Å². The van der Waals surface area contributed by atoms with Gasteiger partial charge in [-0.15, -0.1) is 11.8 Å². The molecule has 1 saturated heterocycles. The molecule has 0 spiro atoms. The molecular formula is C15H19N3OS. The molecular weight excluding hydrogens is 270 g/mol. The van der Waals surface area contributed by atoms with Gasteiger partial charge in [0.2, 0.25) is 5.91 Å². The average molecular weight is 289 g/mol. The highest BCUT2D eigenvalue weighted by molar-refractivity contribution is 8.00. The number of amides is 1. The maximum absolute atomic E-state index is 11.9. The summed E-state index contributed by atoms with van der Waals surface area (Å²) in [6, 6.07) is 9.55. The Morgan fingerprint density at radius 3 is 2.70 bits per heavy atom. The van der Waals surface area contributed by atoms with Crippen LogP contribution in [0.4, 0.5) is 5.69 Å². The summed E-state index contributed by atoms with van der Waals surface area (Å²) in [5.41, 5.74) is 1.76. The van der Waals surface area contributed by atoms with Crippen LogP contribution in [0.15, 0.2) is 24.3 Å². The second kappa shape index (κ2) is 7.93. The predicted molar refractivity (Wildman–Crippen MR) is 82.7 cm³/mol. The number of hydrogen-bond donors (Lipinski definition) is 2. The smallest absolute Gasteiger partial charge is 0.234 e. The largest absolute Gasteiger partial charge is 0.325 e. The fourth-order valence-electron chi connectivity index (χ4n) is 2.15. The first-order chi connectivity index (χ1) is 9.78. The predicted octanol–water partition coefficient (Wildman–Crippen LogP) is 2.18. The van der Waals surface area contributed by atoms with Crippen molar-refractivity contribution in [2.45, 2.75) is 24.5 Å². The summed E-state index contributed by atoms with van der Waals surface area (Å²) in [7, 11) is 0. The van der Waals surface area contributed by atoms with Crippen molar-refractivity contribution in [2.24, 2.45) is 0 Å². The quantitative estimate of drug-likeness (QED) is 0.872. The van der Waals surface area contributed by atoms with Gasteiger partial charge in [-0.1, -0.05) is 12.1 Å². The number of carbonyl (C=O) groups excluding carboxylic acids is 1. The molecule has 5 heteroatoms. The molecule has 0 aliphatic carbocycles. The van der Waals surface area contributed by atoms with E-state index in [9.17, 15) is 4.79 Å². The number of nitrogens with one attached hydrogen (secondary N) is 2. The Morgan fingerprint density at radius 1 is 1.35 bits per heavy atom. The van der Waals surface area contributed by atoms with Gasteiger partial charge in [0.05, 0.1) is 18.2 Å². The minimum absolute atomic E-state index is 0.0431. The molecule has 2 rings (SSSR count). The second-order valence-electron chi connectivity index (χ2n) is 4.84. The Bertz CT molecular complexity index is 475. The van der Waals surface area contributed by atoms with Crippen LogP contribution in [-0.2, 0) is 11.2 Å². The summed E-state index contributed by atoms with van der Waals surface area (Å²) in [5.74, 6) is 0.548. The number of nitriles is 1. The standard InChI is InChI=1S/C15H19N3OS/c16-8-5-12-1-3-13(4-2-12)18-15(19)11-20-14-6-9-17-10-7-14/h1-4,14,17H,5-7,9-11H2,(H,18,19). The lowest BCUT2D eigenvalue weighted by atomic mass is 10.1. The number of benzene rings is 1. The maximum Gasteiger partial charge on any atom is 0.234 e. The summed E-state index contributed by atoms with van der Waals surface area (Å²) >= 11 is 1.74. The molecule has 0 bridgehead atoms. The van der Waals surface area contributed by atoms with E-state index >= 15 is 0 Å². The molecule has 0 radical (unpaired) electrons. The molecule has 1 aromatic carbocycles. The molecule has 4 nitrogen and oxygen atoms in total. The zero-order valence-electron chi connectivity index (χ0n) is 11.4. The number of anilines is 1. The summed E-state index contributed by atoms with van der Waals surface area (Å²) < 4.78 is 0. The minimum Gasteiger partial charge on any atom is -0.325 e. The molecule has 0 unspecified atom stereocenters. The van der Waals surface area contributed by atoms with Gasteiger partial charge in [-0.2, -0.15) is 5.26 Å². The Morgan fingerprint density at radius 2 is 2.05 bits per heavy atom. The Labute approximate surface area is 123 Å². The van der Waals surface area contributed by atoms with Gasteiger partial charge >= 0.3 is 0 Å². The zero-order valence-corrected chi connectivity index (χ0v) is 12.2. The third-order valence-corrected chi connectivity index (χ3v) is 4.63. The van der Waals surface area contributed by atoms with Crippen molar-refractivity contribution in [3.8, 4) is 6.07 Å². The lowest BCUT2D eigenvalue weighted by Crippen LogP contribution is -2.30. The van der Waals surface area contributed by atoms with Crippen LogP contribution in [0.3, 0.4) is 0 Å². The van der Waals surface area contributed by atoms with Crippen LogP contribution in [0.1, 0.15) is 18.4 Å². The molecule has 1 aliphatic rings. The van der Waals surface area contributed by atoms with Crippen molar-refractivity contribution < 1.29 is 4.79 Å². The van der Waals surface area contributed by atoms with Crippen LogP contribution in [0.5, 0.6) is 0 Å². The third-order valence-electron chi connectivity index (χ3n) is 3.26. The van der Waals surface area contributed by atoms with Crippen molar-refractivity contribution in [1.82, 2.24) is 5.32 Å². The van der Waals surface area contributed by atoms with E-state index in [1.807, 2.05) is 24.3 Å². The molecule has 1 aromatic rings. The fourth-order valence-corrected chi connectivity index (χ4v) is 3.18. The molecule has 1 amide bonds. The molecule has 1 fully saturated rings. The van der Waals surface area contributed by atoms with E-state index in [1.165, 1.54) is 0 Å². The molecule has 0 aromatic heterocycles. The number of rotatable bonds is 5. The second-order valence-corrected chi connectivity index (χ2v) is 6.13. The number of carbonyl (C=O) groups is 1. The number of thioether (sulfide) groups is 1. The Kier molecular flexibility index (Phi) is 5.90. The SMILES string of the molecule is N#CCc1ccc(NC(=O)CSC2CCNCC2)cc1. The van der Waals surface area contributed by atoms with Gasteiger partial charge in [-0.25, -0.2) is 0 Å². The summed E-state index contributed by atoms with van der Waals surface area (Å²) in [4.78, 5) is 11.9. The van der Waals surface area contributed by atoms with Gasteiger partial charge in [0.25, 0.3) is 0 Å².